The van der Waals surface area contributed by atoms with Crippen molar-refractivity contribution in [1.82, 2.24) is 4.90 Å². The highest BCUT2D eigenvalue weighted by Crippen LogP contribution is 2.08. The van der Waals surface area contributed by atoms with Gasteiger partial charge in [0, 0.05) is 13.1 Å². The molecule has 1 rings (SSSR count). The molecule has 1 aromatic carbocycles. The van der Waals surface area contributed by atoms with E-state index in [1.165, 1.54) is 0 Å². The Morgan fingerprint density at radius 3 is 2.60 bits per heavy atom. The van der Waals surface area contributed by atoms with Crippen LogP contribution in [-0.2, 0) is 13.1 Å². The quantitative estimate of drug-likeness (QED) is 0.810. The van der Waals surface area contributed by atoms with E-state index in [9.17, 15) is 8.78 Å². The van der Waals surface area contributed by atoms with Crippen LogP contribution in [0.3, 0.4) is 0 Å². The van der Waals surface area contributed by atoms with E-state index in [2.05, 4.69) is 0 Å². The topological polar surface area (TPSA) is 29.3 Å². The third kappa shape index (κ3) is 4.36. The molecule has 0 spiro atoms. The summed E-state index contributed by atoms with van der Waals surface area (Å²) in [6, 6.07) is 7.69. The molecule has 1 aromatic rings. The van der Waals surface area contributed by atoms with Crippen molar-refractivity contribution in [2.24, 2.45) is 5.73 Å². The van der Waals surface area contributed by atoms with Gasteiger partial charge >= 0.3 is 0 Å². The molecule has 0 radical (unpaired) electrons. The Bertz CT molecular complexity index is 302. The van der Waals surface area contributed by atoms with Gasteiger partial charge in [-0.2, -0.15) is 0 Å². The van der Waals surface area contributed by atoms with Crippen LogP contribution in [0.2, 0.25) is 0 Å². The minimum atomic E-state index is -2.28. The van der Waals surface area contributed by atoms with Gasteiger partial charge in [0.15, 0.2) is 0 Å². The number of alkyl halides is 2. The molecule has 4 heteroatoms. The number of nitrogens with two attached hydrogens (primary N) is 1. The van der Waals surface area contributed by atoms with Crippen LogP contribution >= 0.6 is 0 Å². The van der Waals surface area contributed by atoms with Crippen molar-refractivity contribution >= 4 is 0 Å². The number of hydrogen-bond donors (Lipinski definition) is 1. The van der Waals surface area contributed by atoms with Gasteiger partial charge in [0.1, 0.15) is 0 Å². The molecule has 0 unspecified atom stereocenters. The van der Waals surface area contributed by atoms with Crippen LogP contribution in [0.15, 0.2) is 24.3 Å². The molecule has 0 aromatic heterocycles. The Kier molecular flexibility index (Phi) is 4.65. The van der Waals surface area contributed by atoms with Crippen molar-refractivity contribution in [3.63, 3.8) is 0 Å². The summed E-state index contributed by atoms with van der Waals surface area (Å²) >= 11 is 0. The van der Waals surface area contributed by atoms with Gasteiger partial charge in [-0.25, -0.2) is 8.78 Å². The maximum atomic E-state index is 12.1. The van der Waals surface area contributed by atoms with Crippen LogP contribution in [0, 0.1) is 0 Å². The summed E-state index contributed by atoms with van der Waals surface area (Å²) in [6.07, 6.45) is -2.28. The van der Waals surface area contributed by atoms with Crippen LogP contribution in [0.5, 0.6) is 0 Å². The lowest BCUT2D eigenvalue weighted by molar-refractivity contribution is 0.0975. The highest BCUT2D eigenvalue weighted by atomic mass is 19.3. The van der Waals surface area contributed by atoms with Gasteiger partial charge < -0.3 is 5.73 Å². The zero-order valence-electron chi connectivity index (χ0n) is 8.79. The van der Waals surface area contributed by atoms with Gasteiger partial charge in [-0.3, -0.25) is 4.90 Å². The van der Waals surface area contributed by atoms with Gasteiger partial charge in [0.05, 0.1) is 6.54 Å². The molecule has 2 nitrogen and oxygen atoms in total. The molecule has 15 heavy (non-hydrogen) atoms. The number of benzene rings is 1. The SMILES string of the molecule is CN(Cc1cccc(CN)c1)CC(F)F. The first-order valence-corrected chi connectivity index (χ1v) is 4.86. The summed E-state index contributed by atoms with van der Waals surface area (Å²) in [5.41, 5.74) is 7.54. The molecule has 0 saturated carbocycles. The van der Waals surface area contributed by atoms with Gasteiger partial charge in [0.25, 0.3) is 6.43 Å². The number of rotatable bonds is 5. The summed E-state index contributed by atoms with van der Waals surface area (Å²) < 4.78 is 24.1. The molecule has 0 aliphatic carbocycles. The van der Waals surface area contributed by atoms with E-state index in [4.69, 9.17) is 5.73 Å². The van der Waals surface area contributed by atoms with E-state index in [1.54, 1.807) is 11.9 Å². The second-order valence-corrected chi connectivity index (χ2v) is 3.61. The minimum Gasteiger partial charge on any atom is -0.326 e. The molecular formula is C11H16F2N2. The Hall–Kier alpha value is -1.00. The summed E-state index contributed by atoms with van der Waals surface area (Å²) in [7, 11) is 1.68. The number of hydrogen-bond acceptors (Lipinski definition) is 2. The molecule has 0 amide bonds. The maximum Gasteiger partial charge on any atom is 0.251 e. The van der Waals surface area contributed by atoms with Crippen molar-refractivity contribution in [2.45, 2.75) is 19.5 Å². The van der Waals surface area contributed by atoms with Crippen LogP contribution in [0.1, 0.15) is 11.1 Å². The highest BCUT2D eigenvalue weighted by Gasteiger charge is 2.07. The fourth-order valence-electron chi connectivity index (χ4n) is 1.47. The predicted molar refractivity (Wildman–Crippen MR) is 56.7 cm³/mol. The summed E-state index contributed by atoms with van der Waals surface area (Å²) in [6.45, 7) is 0.803. The molecule has 0 saturated heterocycles. The number of halogens is 2. The average Bonchev–Trinajstić information content (AvgIpc) is 2.16. The van der Waals surface area contributed by atoms with E-state index >= 15 is 0 Å². The van der Waals surface area contributed by atoms with Crippen molar-refractivity contribution in [3.8, 4) is 0 Å². The van der Waals surface area contributed by atoms with Crippen molar-refractivity contribution in [2.75, 3.05) is 13.6 Å². The van der Waals surface area contributed by atoms with Gasteiger partial charge in [-0.05, 0) is 18.2 Å². The Balaban J connectivity index is 2.55. The van der Waals surface area contributed by atoms with E-state index in [0.29, 0.717) is 13.1 Å². The first kappa shape index (κ1) is 12.1. The lowest BCUT2D eigenvalue weighted by Gasteiger charge is -2.16. The molecule has 2 N–H and O–H groups in total. The van der Waals surface area contributed by atoms with Gasteiger partial charge in [-0.1, -0.05) is 24.3 Å². The lowest BCUT2D eigenvalue weighted by atomic mass is 10.1. The Labute approximate surface area is 88.7 Å². The highest BCUT2D eigenvalue weighted by molar-refractivity contribution is 5.23. The molecule has 0 atom stereocenters. The monoisotopic (exact) mass is 214 g/mol. The second kappa shape index (κ2) is 5.78. The smallest absolute Gasteiger partial charge is 0.251 e. The maximum absolute atomic E-state index is 12.1. The fourth-order valence-corrected chi connectivity index (χ4v) is 1.47. The summed E-state index contributed by atoms with van der Waals surface area (Å²) in [4.78, 5) is 1.60. The minimum absolute atomic E-state index is 0.202. The molecule has 0 heterocycles. The average molecular weight is 214 g/mol. The third-order valence-corrected chi connectivity index (χ3v) is 2.13. The van der Waals surface area contributed by atoms with Gasteiger partial charge in [0.2, 0.25) is 0 Å². The Morgan fingerprint density at radius 1 is 1.33 bits per heavy atom. The molecule has 0 aliphatic rings. The largest absolute Gasteiger partial charge is 0.326 e. The van der Waals surface area contributed by atoms with Crippen LogP contribution in [0.4, 0.5) is 8.78 Å². The van der Waals surface area contributed by atoms with Crippen LogP contribution in [0.25, 0.3) is 0 Å². The van der Waals surface area contributed by atoms with E-state index < -0.39 is 6.43 Å². The standard InChI is InChI=1S/C11H16F2N2/c1-15(8-11(12)13)7-10-4-2-3-9(5-10)6-14/h2-5,11H,6-8,14H2,1H3. The molecular weight excluding hydrogens is 198 g/mol. The number of nitrogens with zero attached hydrogens (tertiary/aromatic N) is 1. The van der Waals surface area contributed by atoms with Crippen LogP contribution in [-0.4, -0.2) is 24.9 Å². The van der Waals surface area contributed by atoms with Gasteiger partial charge in [-0.15, -0.1) is 0 Å². The second-order valence-electron chi connectivity index (χ2n) is 3.61. The van der Waals surface area contributed by atoms with E-state index in [0.717, 1.165) is 11.1 Å². The fraction of sp³-hybridized carbons (Fsp3) is 0.455. The molecule has 0 fully saturated rings. The zero-order chi connectivity index (χ0) is 11.3. The van der Waals surface area contributed by atoms with Crippen molar-refractivity contribution < 1.29 is 8.78 Å². The van der Waals surface area contributed by atoms with E-state index in [-0.39, 0.29) is 6.54 Å². The van der Waals surface area contributed by atoms with E-state index in [1.807, 2.05) is 24.3 Å². The lowest BCUT2D eigenvalue weighted by Crippen LogP contribution is -2.24. The normalized spacial score (nSPS) is 11.3. The third-order valence-electron chi connectivity index (χ3n) is 2.13. The van der Waals surface area contributed by atoms with Crippen LogP contribution < -0.4 is 5.73 Å². The molecule has 84 valence electrons. The summed E-state index contributed by atoms with van der Waals surface area (Å²) in [5, 5.41) is 0. The zero-order valence-corrected chi connectivity index (χ0v) is 8.79. The predicted octanol–water partition coefficient (Wildman–Crippen LogP) is 1.84. The molecule has 0 bridgehead atoms. The first-order chi connectivity index (χ1) is 7.11. The Morgan fingerprint density at radius 2 is 2.00 bits per heavy atom. The first-order valence-electron chi connectivity index (χ1n) is 4.86. The summed E-state index contributed by atoms with van der Waals surface area (Å²) in [5.74, 6) is 0. The van der Waals surface area contributed by atoms with Crippen molar-refractivity contribution in [1.29, 1.82) is 0 Å². The van der Waals surface area contributed by atoms with Crippen molar-refractivity contribution in [3.05, 3.63) is 35.4 Å². The molecule has 0 aliphatic heterocycles.